The smallest absolute Gasteiger partial charge is 0.550 e. The molecule has 0 aromatic heterocycles. The molecule has 0 amide bonds. The second-order valence-corrected chi connectivity index (χ2v) is 15.8. The Balaban J connectivity index is -0.000000210. The van der Waals surface area contributed by atoms with Crippen LogP contribution in [-0.4, -0.2) is 23.9 Å². The fourth-order valence-corrected chi connectivity index (χ4v) is 6.32. The molecular formula is C49H92O8. The van der Waals surface area contributed by atoms with E-state index in [0.29, 0.717) is 0 Å². The maximum absolute atomic E-state index is 10.1. The van der Waals surface area contributed by atoms with E-state index in [-0.39, 0.29) is 33.1 Å². The van der Waals surface area contributed by atoms with Crippen molar-refractivity contribution in [3.05, 3.63) is 7.43 Å². The molecule has 8 heteroatoms. The monoisotopic (exact) mass is 809 g/mol. The molecule has 0 aromatic rings. The van der Waals surface area contributed by atoms with Crippen molar-refractivity contribution in [2.24, 2.45) is 0 Å². The van der Waals surface area contributed by atoms with Crippen LogP contribution in [0.2, 0.25) is 0 Å². The van der Waals surface area contributed by atoms with Crippen molar-refractivity contribution >= 4 is 23.9 Å². The van der Waals surface area contributed by atoms with Crippen molar-refractivity contribution in [3.63, 3.8) is 0 Å². The molecule has 0 spiro atoms. The van der Waals surface area contributed by atoms with E-state index >= 15 is 0 Å². The van der Waals surface area contributed by atoms with Crippen LogP contribution in [0.5, 0.6) is 0 Å². The van der Waals surface area contributed by atoms with Crippen LogP contribution in [0.3, 0.4) is 0 Å². The number of carbonyl (C=O) groups excluding carboxylic acids is 4. The van der Waals surface area contributed by atoms with Crippen molar-refractivity contribution in [1.82, 2.24) is 0 Å². The summed E-state index contributed by atoms with van der Waals surface area (Å²) < 4.78 is 0. The quantitative estimate of drug-likeness (QED) is 0.0553. The Labute approximate surface area is 354 Å². The van der Waals surface area contributed by atoms with Gasteiger partial charge in [-0.1, -0.05) is 233 Å². The van der Waals surface area contributed by atoms with Gasteiger partial charge in [-0.15, -0.1) is 0 Å². The Morgan fingerprint density at radius 1 is 0.228 bits per heavy atom. The van der Waals surface area contributed by atoms with Crippen molar-refractivity contribution in [1.29, 1.82) is 0 Å². The van der Waals surface area contributed by atoms with Crippen molar-refractivity contribution in [3.8, 4) is 0 Å². The van der Waals surface area contributed by atoms with Crippen LogP contribution in [0.25, 0.3) is 0 Å². The topological polar surface area (TPSA) is 161 Å². The van der Waals surface area contributed by atoms with Crippen LogP contribution in [0.15, 0.2) is 0 Å². The Morgan fingerprint density at radius 2 is 0.333 bits per heavy atom. The first-order chi connectivity index (χ1) is 27.1. The summed E-state index contributed by atoms with van der Waals surface area (Å²) in [6.07, 6.45) is 44.7. The summed E-state index contributed by atoms with van der Waals surface area (Å²) in [5, 5.41) is 40.4. The number of hydrogen-bond acceptors (Lipinski definition) is 8. The zero-order chi connectivity index (χ0) is 42.6. The van der Waals surface area contributed by atoms with Crippen LogP contribution in [-0.2, 0) is 19.2 Å². The maximum atomic E-state index is 10.1. The third-order valence-corrected chi connectivity index (χ3v) is 9.94. The van der Waals surface area contributed by atoms with E-state index in [4.69, 9.17) is 0 Å². The molecule has 57 heavy (non-hydrogen) atoms. The van der Waals surface area contributed by atoms with Crippen LogP contribution in [0, 0.1) is 7.43 Å². The average Bonchev–Trinajstić information content (AvgIpc) is 3.15. The van der Waals surface area contributed by atoms with Crippen molar-refractivity contribution in [2.45, 2.75) is 285 Å². The van der Waals surface area contributed by atoms with Crippen LogP contribution < -0.4 is 20.4 Å². The summed E-state index contributed by atoms with van der Waals surface area (Å²) in [7, 11) is 0. The molecule has 0 bridgehead atoms. The van der Waals surface area contributed by atoms with Crippen molar-refractivity contribution < 1.29 is 39.6 Å². The molecule has 8 nitrogen and oxygen atoms in total. The Morgan fingerprint density at radius 3 is 0.439 bits per heavy atom. The molecule has 0 aromatic carbocycles. The van der Waals surface area contributed by atoms with Gasteiger partial charge in [-0.3, -0.25) is 0 Å². The minimum Gasteiger partial charge on any atom is -0.550 e. The van der Waals surface area contributed by atoms with E-state index in [2.05, 4.69) is 27.7 Å². The first-order valence-corrected chi connectivity index (χ1v) is 23.9. The molecule has 0 fully saturated rings. The molecule has 0 atom stereocenters. The SMILES string of the molecule is CCCCCCCCCCCC(=O)[O-].CCCCCCCCCCCC(=O)[O-].CCCCCCCCCCCC(=O)[O-].CCCCCCCCCCCC(=O)[O-].[C+4]. The number of rotatable bonds is 40. The van der Waals surface area contributed by atoms with Gasteiger partial charge in [0.05, 0.1) is 0 Å². The Hall–Kier alpha value is -2.12. The van der Waals surface area contributed by atoms with E-state index in [1.807, 2.05) is 0 Å². The molecule has 0 aliphatic carbocycles. The van der Waals surface area contributed by atoms with Gasteiger partial charge in [0.2, 0.25) is 0 Å². The summed E-state index contributed by atoms with van der Waals surface area (Å²) in [5.41, 5.74) is 0. The van der Waals surface area contributed by atoms with Gasteiger partial charge in [0, 0.05) is 23.9 Å². The number of unbranched alkanes of at least 4 members (excludes halogenated alkanes) is 32. The molecule has 336 valence electrons. The minimum atomic E-state index is -0.909. The molecule has 0 aliphatic rings. The van der Waals surface area contributed by atoms with Gasteiger partial charge < -0.3 is 39.6 Å². The second-order valence-electron chi connectivity index (χ2n) is 15.8. The molecular weight excluding hydrogens is 717 g/mol. The molecule has 0 aliphatic heterocycles. The van der Waals surface area contributed by atoms with E-state index in [1.54, 1.807) is 0 Å². The fourth-order valence-electron chi connectivity index (χ4n) is 6.32. The summed E-state index contributed by atoms with van der Waals surface area (Å²) in [6.45, 7) is 8.89. The molecule has 0 N–H and O–H groups in total. The predicted octanol–water partition coefficient (Wildman–Crippen LogP) is 10.7. The van der Waals surface area contributed by atoms with E-state index < -0.39 is 23.9 Å². The molecule has 0 saturated heterocycles. The fraction of sp³-hybridized carbons (Fsp3) is 0.898. The molecule has 0 saturated carbocycles. The molecule has 0 rings (SSSR count). The van der Waals surface area contributed by atoms with Gasteiger partial charge in [-0.05, 0) is 51.4 Å². The number of carboxylic acid groups (broad SMARTS) is 4. The van der Waals surface area contributed by atoms with E-state index in [9.17, 15) is 39.6 Å². The van der Waals surface area contributed by atoms with Gasteiger partial charge in [-0.25, -0.2) is 0 Å². The van der Waals surface area contributed by atoms with Gasteiger partial charge in [-0.2, -0.15) is 0 Å². The number of hydrogen-bond donors (Lipinski definition) is 0. The molecule has 0 radical (unpaired) electrons. The molecule has 0 heterocycles. The zero-order valence-electron chi connectivity index (χ0n) is 38.1. The number of aliphatic carboxylic acids is 4. The van der Waals surface area contributed by atoms with Gasteiger partial charge >= 0.3 is 7.43 Å². The summed E-state index contributed by atoms with van der Waals surface area (Å²) in [6, 6.07) is 0. The minimum absolute atomic E-state index is 0. The first kappa shape index (κ1) is 64.0. The summed E-state index contributed by atoms with van der Waals surface area (Å²) in [5.74, 6) is -3.64. The van der Waals surface area contributed by atoms with E-state index in [0.717, 1.165) is 51.4 Å². The third kappa shape index (κ3) is 82.7. The van der Waals surface area contributed by atoms with Gasteiger partial charge in [0.15, 0.2) is 0 Å². The Bertz CT molecular complexity index is 657. The van der Waals surface area contributed by atoms with Gasteiger partial charge in [0.25, 0.3) is 0 Å². The Kier molecular flexibility index (Phi) is 68.0. The zero-order valence-corrected chi connectivity index (χ0v) is 38.1. The van der Waals surface area contributed by atoms with Crippen LogP contribution >= 0.6 is 0 Å². The largest absolute Gasteiger partial charge is 4.00 e. The standard InChI is InChI=1S/4C12H24O2.C/c4*1-2-3-4-5-6-7-8-9-10-11-12(13)14;/h4*2-11H2,1H3,(H,13,14);/q;;;;+4/p-4. The van der Waals surface area contributed by atoms with Gasteiger partial charge in [0.1, 0.15) is 0 Å². The summed E-state index contributed by atoms with van der Waals surface area (Å²) >= 11 is 0. The average molecular weight is 809 g/mol. The first-order valence-electron chi connectivity index (χ1n) is 23.9. The van der Waals surface area contributed by atoms with Crippen molar-refractivity contribution in [2.75, 3.05) is 0 Å². The summed E-state index contributed by atoms with van der Waals surface area (Å²) in [4.78, 5) is 40.4. The molecule has 0 unspecified atom stereocenters. The number of carbonyl (C=O) groups is 4. The number of carboxylic acids is 4. The van der Waals surface area contributed by atoms with Crippen LogP contribution in [0.4, 0.5) is 0 Å². The maximum Gasteiger partial charge on any atom is 4.00 e. The van der Waals surface area contributed by atoms with Crippen LogP contribution in [0.1, 0.15) is 285 Å². The third-order valence-electron chi connectivity index (χ3n) is 9.94. The van der Waals surface area contributed by atoms with E-state index in [1.165, 1.54) is 180 Å². The predicted molar refractivity (Wildman–Crippen MR) is 231 cm³/mol. The second kappa shape index (κ2) is 60.6. The normalized spacial score (nSPS) is 10.2.